The molecule has 0 spiro atoms. The van der Waals surface area contributed by atoms with Crippen molar-refractivity contribution in [1.82, 2.24) is 0 Å². The minimum atomic E-state index is -5.09. The highest BCUT2D eigenvalue weighted by atomic mass is 19.4. The van der Waals surface area contributed by atoms with Crippen molar-refractivity contribution in [2.45, 2.75) is 12.6 Å². The summed E-state index contributed by atoms with van der Waals surface area (Å²) in [4.78, 5) is 10.6. The normalized spacial score (nSPS) is 11.4. The van der Waals surface area contributed by atoms with Gasteiger partial charge in [0, 0.05) is 5.56 Å². The quantitative estimate of drug-likeness (QED) is 0.835. The number of nitrogens with zero attached hydrogens (tertiary/aromatic N) is 1. The number of hydrogen-bond donors (Lipinski definition) is 1. The second-order valence-corrected chi connectivity index (χ2v) is 3.16. The summed E-state index contributed by atoms with van der Waals surface area (Å²) in [6, 6.07) is 1.79. The van der Waals surface area contributed by atoms with E-state index in [4.69, 9.17) is 10.4 Å². The number of hydrogen-bond acceptors (Lipinski definition) is 2. The van der Waals surface area contributed by atoms with Crippen LogP contribution in [0, 0.1) is 11.3 Å². The van der Waals surface area contributed by atoms with E-state index in [1.165, 1.54) is 0 Å². The van der Waals surface area contributed by atoms with Gasteiger partial charge in [-0.15, -0.1) is 0 Å². The van der Waals surface area contributed by atoms with E-state index in [-0.39, 0.29) is 6.07 Å². The molecule has 0 aliphatic heterocycles. The largest absolute Gasteiger partial charge is 0.478 e. The lowest BCUT2D eigenvalue weighted by molar-refractivity contribution is -0.139. The Morgan fingerprint density at radius 1 is 1.33 bits per heavy atom. The van der Waals surface area contributed by atoms with Gasteiger partial charge < -0.3 is 5.11 Å². The first kappa shape index (κ1) is 13.9. The molecule has 0 bridgehead atoms. The Hall–Kier alpha value is -2.17. The van der Waals surface area contributed by atoms with Crippen LogP contribution >= 0.6 is 0 Å². The van der Waals surface area contributed by atoms with Gasteiger partial charge in [0.05, 0.1) is 16.7 Å². The van der Waals surface area contributed by atoms with Crippen LogP contribution < -0.4 is 0 Å². The average Bonchev–Trinajstić information content (AvgIpc) is 2.25. The minimum Gasteiger partial charge on any atom is -0.478 e. The molecule has 0 heterocycles. The maximum atomic E-state index is 12.6. The fourth-order valence-corrected chi connectivity index (χ4v) is 1.39. The SMILES string of the molecule is N#Cc1c(C(=O)O)ccc(C(F)(F)F)c1C(F)F. The molecule has 0 aromatic heterocycles. The van der Waals surface area contributed by atoms with Gasteiger partial charge in [0.2, 0.25) is 0 Å². The lowest BCUT2D eigenvalue weighted by Gasteiger charge is -2.14. The lowest BCUT2D eigenvalue weighted by Crippen LogP contribution is -2.14. The van der Waals surface area contributed by atoms with E-state index in [1.807, 2.05) is 0 Å². The molecule has 0 fully saturated rings. The van der Waals surface area contributed by atoms with Crippen LogP contribution in [0.4, 0.5) is 22.0 Å². The van der Waals surface area contributed by atoms with Crippen molar-refractivity contribution in [2.75, 3.05) is 0 Å². The molecule has 1 rings (SSSR count). The van der Waals surface area contributed by atoms with E-state index < -0.39 is 40.8 Å². The molecule has 0 saturated heterocycles. The number of halogens is 5. The molecule has 0 unspecified atom stereocenters. The smallest absolute Gasteiger partial charge is 0.416 e. The van der Waals surface area contributed by atoms with Crippen LogP contribution in [0.15, 0.2) is 12.1 Å². The standard InChI is InChI=1S/C10H4F5NO2/c11-8(12)7-5(3-16)4(9(17)18)1-2-6(7)10(13,14)15/h1-2,8H,(H,17,18). The Morgan fingerprint density at radius 3 is 2.22 bits per heavy atom. The molecule has 18 heavy (non-hydrogen) atoms. The summed E-state index contributed by atoms with van der Waals surface area (Å²) < 4.78 is 62.6. The van der Waals surface area contributed by atoms with Crippen LogP contribution in [0.5, 0.6) is 0 Å². The number of benzene rings is 1. The van der Waals surface area contributed by atoms with Gasteiger partial charge in [0.25, 0.3) is 6.43 Å². The third kappa shape index (κ3) is 2.40. The fourth-order valence-electron chi connectivity index (χ4n) is 1.39. The molecule has 1 N–H and O–H groups in total. The predicted molar refractivity (Wildman–Crippen MR) is 48.1 cm³/mol. The van der Waals surface area contributed by atoms with Crippen LogP contribution in [0.3, 0.4) is 0 Å². The second-order valence-electron chi connectivity index (χ2n) is 3.16. The summed E-state index contributed by atoms with van der Waals surface area (Å²) in [7, 11) is 0. The number of carboxylic acid groups (broad SMARTS) is 1. The molecule has 1 aromatic rings. The number of nitriles is 1. The highest BCUT2D eigenvalue weighted by molar-refractivity contribution is 5.91. The minimum absolute atomic E-state index is 0.228. The Balaban J connectivity index is 3.72. The van der Waals surface area contributed by atoms with Crippen LogP contribution in [0.25, 0.3) is 0 Å². The van der Waals surface area contributed by atoms with Gasteiger partial charge in [-0.1, -0.05) is 0 Å². The molecule has 8 heteroatoms. The van der Waals surface area contributed by atoms with Crippen molar-refractivity contribution in [1.29, 1.82) is 5.26 Å². The Bertz CT molecular complexity index is 530. The lowest BCUT2D eigenvalue weighted by atomic mass is 9.96. The van der Waals surface area contributed by atoms with Gasteiger partial charge in [-0.05, 0) is 12.1 Å². The van der Waals surface area contributed by atoms with Crippen LogP contribution in [-0.2, 0) is 6.18 Å². The monoisotopic (exact) mass is 265 g/mol. The maximum Gasteiger partial charge on any atom is 0.416 e. The average molecular weight is 265 g/mol. The zero-order chi connectivity index (χ0) is 14.1. The summed E-state index contributed by atoms with van der Waals surface area (Å²) in [6.07, 6.45) is -8.69. The first-order chi connectivity index (χ1) is 8.20. The Morgan fingerprint density at radius 2 is 1.89 bits per heavy atom. The molecular formula is C10H4F5NO2. The number of carbonyl (C=O) groups is 1. The first-order valence-corrected chi connectivity index (χ1v) is 4.35. The van der Waals surface area contributed by atoms with Crippen molar-refractivity contribution < 1.29 is 31.9 Å². The van der Waals surface area contributed by atoms with E-state index >= 15 is 0 Å². The summed E-state index contributed by atoms with van der Waals surface area (Å²) >= 11 is 0. The number of alkyl halides is 5. The maximum absolute atomic E-state index is 12.6. The third-order valence-electron chi connectivity index (χ3n) is 2.11. The van der Waals surface area contributed by atoms with Crippen molar-refractivity contribution in [2.24, 2.45) is 0 Å². The zero-order valence-electron chi connectivity index (χ0n) is 8.42. The highest BCUT2D eigenvalue weighted by Gasteiger charge is 2.38. The molecule has 0 aliphatic rings. The van der Waals surface area contributed by atoms with Gasteiger partial charge in [0.1, 0.15) is 6.07 Å². The summed E-state index contributed by atoms with van der Waals surface area (Å²) in [5.41, 5.74) is -5.38. The molecule has 0 radical (unpaired) electrons. The molecule has 0 atom stereocenters. The number of carboxylic acids is 1. The second kappa shape index (κ2) is 4.60. The summed E-state index contributed by atoms with van der Waals surface area (Å²) in [5, 5.41) is 17.2. The van der Waals surface area contributed by atoms with E-state index in [0.717, 1.165) is 6.07 Å². The molecular weight excluding hydrogens is 261 g/mol. The van der Waals surface area contributed by atoms with Crippen LogP contribution in [-0.4, -0.2) is 11.1 Å². The van der Waals surface area contributed by atoms with Gasteiger partial charge in [-0.3, -0.25) is 0 Å². The third-order valence-corrected chi connectivity index (χ3v) is 2.11. The van der Waals surface area contributed by atoms with E-state index in [0.29, 0.717) is 6.07 Å². The Kier molecular flexibility index (Phi) is 3.55. The van der Waals surface area contributed by atoms with E-state index in [2.05, 4.69) is 0 Å². The fraction of sp³-hybridized carbons (Fsp3) is 0.200. The number of rotatable bonds is 2. The van der Waals surface area contributed by atoms with Crippen molar-refractivity contribution in [3.8, 4) is 6.07 Å². The molecule has 0 amide bonds. The first-order valence-electron chi connectivity index (χ1n) is 4.35. The van der Waals surface area contributed by atoms with Crippen LogP contribution in [0.1, 0.15) is 33.5 Å². The van der Waals surface area contributed by atoms with Gasteiger partial charge in [-0.25, -0.2) is 13.6 Å². The van der Waals surface area contributed by atoms with Crippen molar-refractivity contribution in [3.05, 3.63) is 34.4 Å². The molecule has 1 aromatic carbocycles. The Labute approximate surface area is 97.1 Å². The van der Waals surface area contributed by atoms with Crippen LogP contribution in [0.2, 0.25) is 0 Å². The van der Waals surface area contributed by atoms with Gasteiger partial charge in [0.15, 0.2) is 0 Å². The van der Waals surface area contributed by atoms with Crippen molar-refractivity contribution >= 4 is 5.97 Å². The summed E-state index contributed by atoms with van der Waals surface area (Å²) in [6.45, 7) is 0. The highest BCUT2D eigenvalue weighted by Crippen LogP contribution is 2.38. The predicted octanol–water partition coefficient (Wildman–Crippen LogP) is 3.21. The molecule has 3 nitrogen and oxygen atoms in total. The van der Waals surface area contributed by atoms with Gasteiger partial charge >= 0.3 is 12.1 Å². The van der Waals surface area contributed by atoms with E-state index in [9.17, 15) is 26.7 Å². The summed E-state index contributed by atoms with van der Waals surface area (Å²) in [5.74, 6) is -1.75. The molecule has 0 saturated carbocycles. The topological polar surface area (TPSA) is 61.1 Å². The van der Waals surface area contributed by atoms with E-state index in [1.54, 1.807) is 0 Å². The number of aromatic carboxylic acids is 1. The van der Waals surface area contributed by atoms with Crippen molar-refractivity contribution in [3.63, 3.8) is 0 Å². The van der Waals surface area contributed by atoms with Gasteiger partial charge in [-0.2, -0.15) is 18.4 Å². The molecule has 0 aliphatic carbocycles. The molecule has 96 valence electrons. The zero-order valence-corrected chi connectivity index (χ0v) is 8.42.